The fraction of sp³-hybridized carbons (Fsp3) is 0.200. The van der Waals surface area contributed by atoms with Crippen molar-refractivity contribution in [1.29, 1.82) is 5.26 Å². The Morgan fingerprint density at radius 3 is 2.86 bits per heavy atom. The van der Waals surface area contributed by atoms with Crippen LogP contribution in [-0.2, 0) is 11.3 Å². The highest BCUT2D eigenvalue weighted by Gasteiger charge is 2.21. The topological polar surface area (TPSA) is 74.3 Å². The van der Waals surface area contributed by atoms with Gasteiger partial charge < -0.3 is 0 Å². The molecule has 1 amide bonds. The van der Waals surface area contributed by atoms with E-state index < -0.39 is 0 Å². The van der Waals surface area contributed by atoms with Gasteiger partial charge in [-0.05, 0) is 5.56 Å². The van der Waals surface area contributed by atoms with Gasteiger partial charge in [-0.15, -0.1) is 0 Å². The third-order valence-corrected chi connectivity index (χ3v) is 3.26. The molecule has 0 unspecified atom stereocenters. The van der Waals surface area contributed by atoms with Crippen LogP contribution in [0, 0.1) is 11.3 Å². The van der Waals surface area contributed by atoms with Crippen molar-refractivity contribution in [1.82, 2.24) is 14.8 Å². The predicted octanol–water partition coefficient (Wildman–Crippen LogP) is 1.39. The number of hydrazone groups is 1. The highest BCUT2D eigenvalue weighted by atomic mass is 16.2. The number of carbonyl (C=O) groups excluding carboxylic acids is 1. The minimum absolute atomic E-state index is 0.0905. The van der Waals surface area contributed by atoms with Crippen molar-refractivity contribution in [3.05, 3.63) is 53.9 Å². The van der Waals surface area contributed by atoms with Crippen molar-refractivity contribution in [2.75, 3.05) is 6.54 Å². The third kappa shape index (κ3) is 2.82. The average Bonchev–Trinajstić information content (AvgIpc) is 3.17. The Morgan fingerprint density at radius 2 is 2.14 bits per heavy atom. The van der Waals surface area contributed by atoms with E-state index in [-0.39, 0.29) is 12.5 Å². The number of aromatic nitrogens is 2. The first-order valence-electron chi connectivity index (χ1n) is 6.62. The van der Waals surface area contributed by atoms with Crippen molar-refractivity contribution < 1.29 is 4.79 Å². The summed E-state index contributed by atoms with van der Waals surface area (Å²) in [7, 11) is 0. The van der Waals surface area contributed by atoms with Gasteiger partial charge >= 0.3 is 0 Å². The summed E-state index contributed by atoms with van der Waals surface area (Å²) in [5.41, 5.74) is 2.40. The number of benzene rings is 1. The van der Waals surface area contributed by atoms with E-state index in [9.17, 15) is 4.79 Å². The zero-order chi connectivity index (χ0) is 14.7. The predicted molar refractivity (Wildman–Crippen MR) is 76.3 cm³/mol. The average molecular weight is 279 g/mol. The van der Waals surface area contributed by atoms with Crippen LogP contribution >= 0.6 is 0 Å². The van der Waals surface area contributed by atoms with Crippen LogP contribution in [0.3, 0.4) is 0 Å². The van der Waals surface area contributed by atoms with Crippen molar-refractivity contribution in [2.45, 2.75) is 13.0 Å². The van der Waals surface area contributed by atoms with Crippen molar-refractivity contribution in [3.8, 4) is 6.07 Å². The van der Waals surface area contributed by atoms with E-state index in [1.54, 1.807) is 6.20 Å². The molecule has 0 bridgehead atoms. The Hall–Kier alpha value is -2.94. The molecule has 0 aliphatic carbocycles. The SMILES string of the molecule is N#Cc1cnn(CC(=O)N2CCC(c3ccccc3)=N2)c1. The summed E-state index contributed by atoms with van der Waals surface area (Å²) < 4.78 is 1.46. The maximum Gasteiger partial charge on any atom is 0.264 e. The molecule has 6 nitrogen and oxygen atoms in total. The molecule has 0 spiro atoms. The lowest BCUT2D eigenvalue weighted by molar-refractivity contribution is -0.131. The van der Waals surface area contributed by atoms with Crippen LogP contribution in [0.1, 0.15) is 17.5 Å². The van der Waals surface area contributed by atoms with Crippen LogP contribution < -0.4 is 0 Å². The molecule has 0 atom stereocenters. The van der Waals surface area contributed by atoms with Gasteiger partial charge in [-0.25, -0.2) is 5.01 Å². The second kappa shape index (κ2) is 5.59. The molecule has 2 heterocycles. The van der Waals surface area contributed by atoms with Crippen LogP contribution in [0.2, 0.25) is 0 Å². The molecule has 0 radical (unpaired) electrons. The lowest BCUT2D eigenvalue weighted by Gasteiger charge is -2.10. The van der Waals surface area contributed by atoms with Crippen LogP contribution in [0.25, 0.3) is 0 Å². The highest BCUT2D eigenvalue weighted by Crippen LogP contribution is 2.14. The summed E-state index contributed by atoms with van der Waals surface area (Å²) in [4.78, 5) is 12.2. The quantitative estimate of drug-likeness (QED) is 0.852. The molecule has 1 aliphatic heterocycles. The molecule has 0 saturated heterocycles. The molecule has 104 valence electrons. The van der Waals surface area contributed by atoms with Gasteiger partial charge in [-0.3, -0.25) is 9.48 Å². The summed E-state index contributed by atoms with van der Waals surface area (Å²) in [6.07, 6.45) is 3.74. The molecule has 2 aromatic rings. The Bertz CT molecular complexity index is 726. The van der Waals surface area contributed by atoms with E-state index in [0.29, 0.717) is 12.1 Å². The number of nitrogens with zero attached hydrogens (tertiary/aromatic N) is 5. The highest BCUT2D eigenvalue weighted by molar-refractivity contribution is 6.02. The molecule has 1 aromatic carbocycles. The number of amides is 1. The van der Waals surface area contributed by atoms with Gasteiger partial charge in [0.2, 0.25) is 0 Å². The molecule has 6 heteroatoms. The maximum atomic E-state index is 12.2. The number of carbonyl (C=O) groups is 1. The van der Waals surface area contributed by atoms with Gasteiger partial charge in [0.25, 0.3) is 5.91 Å². The summed E-state index contributed by atoms with van der Waals surface area (Å²) >= 11 is 0. The number of nitriles is 1. The van der Waals surface area contributed by atoms with E-state index in [2.05, 4.69) is 10.2 Å². The van der Waals surface area contributed by atoms with Crippen LogP contribution in [0.4, 0.5) is 0 Å². The first-order chi connectivity index (χ1) is 10.3. The third-order valence-electron chi connectivity index (χ3n) is 3.26. The van der Waals surface area contributed by atoms with Crippen LogP contribution in [0.15, 0.2) is 47.8 Å². The molecular formula is C15H13N5O. The van der Waals surface area contributed by atoms with Gasteiger partial charge in [0.05, 0.1) is 24.0 Å². The molecule has 0 N–H and O–H groups in total. The summed E-state index contributed by atoms with van der Waals surface area (Å²) in [6.45, 7) is 0.669. The molecule has 1 aromatic heterocycles. The normalized spacial score (nSPS) is 13.9. The minimum atomic E-state index is -0.131. The van der Waals surface area contributed by atoms with E-state index in [1.807, 2.05) is 36.4 Å². The van der Waals surface area contributed by atoms with E-state index >= 15 is 0 Å². The standard InChI is InChI=1S/C15H13N5O/c16-8-12-9-17-19(10-12)11-15(21)20-7-6-14(18-20)13-4-2-1-3-5-13/h1-5,9-10H,6-7,11H2. The van der Waals surface area contributed by atoms with Crippen LogP contribution in [0.5, 0.6) is 0 Å². The smallest absolute Gasteiger partial charge is 0.264 e. The van der Waals surface area contributed by atoms with Gasteiger partial charge in [0, 0.05) is 12.6 Å². The maximum absolute atomic E-state index is 12.2. The zero-order valence-corrected chi connectivity index (χ0v) is 11.3. The molecular weight excluding hydrogens is 266 g/mol. The molecule has 0 saturated carbocycles. The zero-order valence-electron chi connectivity index (χ0n) is 11.3. The number of rotatable bonds is 3. The molecule has 1 aliphatic rings. The summed E-state index contributed by atoms with van der Waals surface area (Å²) in [5, 5.41) is 18.6. The van der Waals surface area contributed by atoms with E-state index in [1.165, 1.54) is 15.9 Å². The number of hydrogen-bond acceptors (Lipinski definition) is 4. The van der Waals surface area contributed by atoms with Crippen molar-refractivity contribution in [3.63, 3.8) is 0 Å². The fourth-order valence-electron chi connectivity index (χ4n) is 2.20. The largest absolute Gasteiger partial charge is 0.271 e. The van der Waals surface area contributed by atoms with Gasteiger partial charge in [0.15, 0.2) is 0 Å². The van der Waals surface area contributed by atoms with Gasteiger partial charge in [-0.2, -0.15) is 15.5 Å². The van der Waals surface area contributed by atoms with Gasteiger partial charge in [0.1, 0.15) is 12.6 Å². The van der Waals surface area contributed by atoms with E-state index in [4.69, 9.17) is 5.26 Å². The fourth-order valence-corrected chi connectivity index (χ4v) is 2.20. The Kier molecular flexibility index (Phi) is 3.48. The molecule has 0 fully saturated rings. The minimum Gasteiger partial charge on any atom is -0.271 e. The summed E-state index contributed by atoms with van der Waals surface area (Å²) in [6, 6.07) is 11.8. The second-order valence-electron chi connectivity index (χ2n) is 4.72. The summed E-state index contributed by atoms with van der Waals surface area (Å²) in [5.74, 6) is -0.131. The first kappa shape index (κ1) is 13.1. The lowest BCUT2D eigenvalue weighted by atomic mass is 10.1. The first-order valence-corrected chi connectivity index (χ1v) is 6.62. The Labute approximate surface area is 121 Å². The van der Waals surface area contributed by atoms with Crippen molar-refractivity contribution >= 4 is 11.6 Å². The molecule has 21 heavy (non-hydrogen) atoms. The lowest BCUT2D eigenvalue weighted by Crippen LogP contribution is -2.27. The Balaban J connectivity index is 1.69. The van der Waals surface area contributed by atoms with Gasteiger partial charge in [-0.1, -0.05) is 30.3 Å². The molecule has 3 rings (SSSR count). The number of hydrogen-bond donors (Lipinski definition) is 0. The van der Waals surface area contributed by atoms with E-state index in [0.717, 1.165) is 17.7 Å². The monoisotopic (exact) mass is 279 g/mol. The Morgan fingerprint density at radius 1 is 1.33 bits per heavy atom. The second-order valence-corrected chi connectivity index (χ2v) is 4.72. The van der Waals surface area contributed by atoms with Crippen LogP contribution in [-0.4, -0.2) is 33.0 Å². The van der Waals surface area contributed by atoms with Crippen molar-refractivity contribution in [2.24, 2.45) is 5.10 Å².